The van der Waals surface area contributed by atoms with Crippen LogP contribution in [0.2, 0.25) is 0 Å². The summed E-state index contributed by atoms with van der Waals surface area (Å²) in [6.07, 6.45) is 3.55. The van der Waals surface area contributed by atoms with Gasteiger partial charge in [-0.3, -0.25) is 4.79 Å². The van der Waals surface area contributed by atoms with Crippen molar-refractivity contribution < 1.29 is 9.90 Å². The lowest BCUT2D eigenvalue weighted by Crippen LogP contribution is -2.35. The van der Waals surface area contributed by atoms with Crippen LogP contribution in [0.1, 0.15) is 19.3 Å². The molecule has 0 aromatic carbocycles. The van der Waals surface area contributed by atoms with Crippen LogP contribution in [0.25, 0.3) is 0 Å². The summed E-state index contributed by atoms with van der Waals surface area (Å²) >= 11 is 0. The summed E-state index contributed by atoms with van der Waals surface area (Å²) in [7, 11) is 0. The summed E-state index contributed by atoms with van der Waals surface area (Å²) in [6.45, 7) is 0.918. The Hall–Kier alpha value is -0.280. The van der Waals surface area contributed by atoms with Gasteiger partial charge in [0.05, 0.1) is 0 Å². The highest BCUT2D eigenvalue weighted by atomic mass is 35.5. The Morgan fingerprint density at radius 1 is 1.42 bits per heavy atom. The number of carbonyl (C=O) groups is 1. The van der Waals surface area contributed by atoms with Gasteiger partial charge in [0.15, 0.2) is 0 Å². The van der Waals surface area contributed by atoms with Gasteiger partial charge >= 0.3 is 5.97 Å². The van der Waals surface area contributed by atoms with Crippen molar-refractivity contribution in [3.8, 4) is 0 Å². The summed E-state index contributed by atoms with van der Waals surface area (Å²) in [4.78, 5) is 10.7. The predicted octanol–water partition coefficient (Wildman–Crippen LogP) is 0.881. The molecule has 2 N–H and O–H groups in total. The van der Waals surface area contributed by atoms with Crippen LogP contribution >= 0.6 is 12.4 Å². The van der Waals surface area contributed by atoms with Crippen LogP contribution in [0.3, 0.4) is 0 Å². The van der Waals surface area contributed by atoms with E-state index in [1.54, 1.807) is 0 Å². The lowest BCUT2D eigenvalue weighted by molar-refractivity contribution is -0.140. The molecule has 1 heterocycles. The average molecular weight is 192 g/mol. The normalized spacial score (nSPS) is 38.8. The standard InChI is InChI=1S/C8H13NO2.ClH/c10-8(11)7-6-3-1-2-5(6)4-9-7;/h5-7,9H,1-4H2,(H,10,11);1H/t5-,6+,7?;/m0./s1. The molecule has 0 aromatic heterocycles. The van der Waals surface area contributed by atoms with E-state index in [4.69, 9.17) is 5.11 Å². The second kappa shape index (κ2) is 3.62. The van der Waals surface area contributed by atoms with Crippen LogP contribution in [0.4, 0.5) is 0 Å². The molecule has 0 spiro atoms. The van der Waals surface area contributed by atoms with Crippen LogP contribution in [0.5, 0.6) is 0 Å². The third-order valence-corrected chi connectivity index (χ3v) is 3.01. The molecule has 1 aliphatic heterocycles. The maximum absolute atomic E-state index is 10.7. The smallest absolute Gasteiger partial charge is 0.320 e. The molecule has 0 radical (unpaired) electrons. The van der Waals surface area contributed by atoms with Gasteiger partial charge in [-0.1, -0.05) is 6.42 Å². The molecule has 3 nitrogen and oxygen atoms in total. The molecular weight excluding hydrogens is 178 g/mol. The van der Waals surface area contributed by atoms with E-state index in [1.165, 1.54) is 12.8 Å². The van der Waals surface area contributed by atoms with Crippen molar-refractivity contribution >= 4 is 18.4 Å². The van der Waals surface area contributed by atoms with Crippen molar-refractivity contribution in [1.29, 1.82) is 0 Å². The van der Waals surface area contributed by atoms with Crippen molar-refractivity contribution in [2.75, 3.05) is 6.54 Å². The van der Waals surface area contributed by atoms with Gasteiger partial charge in [0.2, 0.25) is 0 Å². The van der Waals surface area contributed by atoms with E-state index >= 15 is 0 Å². The Morgan fingerprint density at radius 2 is 2.17 bits per heavy atom. The molecule has 1 aliphatic carbocycles. The third-order valence-electron chi connectivity index (χ3n) is 3.01. The highest BCUT2D eigenvalue weighted by Crippen LogP contribution is 2.37. The molecule has 0 bridgehead atoms. The lowest BCUT2D eigenvalue weighted by Gasteiger charge is -2.12. The molecule has 0 amide bonds. The number of rotatable bonds is 1. The van der Waals surface area contributed by atoms with Crippen molar-refractivity contribution in [2.24, 2.45) is 11.8 Å². The fourth-order valence-electron chi connectivity index (χ4n) is 2.46. The molecule has 0 aromatic rings. The first-order chi connectivity index (χ1) is 5.29. The highest BCUT2D eigenvalue weighted by Gasteiger charge is 2.42. The summed E-state index contributed by atoms with van der Waals surface area (Å²) < 4.78 is 0. The second-order valence-electron chi connectivity index (χ2n) is 3.58. The molecule has 4 heteroatoms. The lowest BCUT2D eigenvalue weighted by atomic mass is 9.94. The summed E-state index contributed by atoms with van der Waals surface area (Å²) in [5, 5.41) is 11.9. The van der Waals surface area contributed by atoms with Crippen molar-refractivity contribution in [2.45, 2.75) is 25.3 Å². The van der Waals surface area contributed by atoms with Crippen LogP contribution in [0.15, 0.2) is 0 Å². The Kier molecular flexibility index (Phi) is 2.96. The number of hydrogen-bond donors (Lipinski definition) is 2. The second-order valence-corrected chi connectivity index (χ2v) is 3.58. The SMILES string of the molecule is Cl.O=C(O)C1NC[C@@H]2CCC[C@@H]12. The number of halogens is 1. The molecule has 70 valence electrons. The first-order valence-corrected chi connectivity index (χ1v) is 4.25. The molecule has 2 aliphatic rings. The molecule has 2 fully saturated rings. The van der Waals surface area contributed by atoms with Crippen LogP contribution in [-0.2, 0) is 4.79 Å². The number of aliphatic carboxylic acids is 1. The van der Waals surface area contributed by atoms with Gasteiger partial charge < -0.3 is 10.4 Å². The third kappa shape index (κ3) is 1.43. The topological polar surface area (TPSA) is 49.3 Å². The van der Waals surface area contributed by atoms with Gasteiger partial charge in [-0.15, -0.1) is 12.4 Å². The average Bonchev–Trinajstić information content (AvgIpc) is 2.41. The molecule has 1 saturated heterocycles. The van der Waals surface area contributed by atoms with E-state index < -0.39 is 5.97 Å². The van der Waals surface area contributed by atoms with Gasteiger partial charge in [-0.05, 0) is 31.2 Å². The van der Waals surface area contributed by atoms with Crippen LogP contribution in [0, 0.1) is 11.8 Å². The largest absolute Gasteiger partial charge is 0.480 e. The zero-order chi connectivity index (χ0) is 7.84. The summed E-state index contributed by atoms with van der Waals surface area (Å²) in [5.74, 6) is 0.406. The van der Waals surface area contributed by atoms with E-state index in [0.717, 1.165) is 13.0 Å². The summed E-state index contributed by atoms with van der Waals surface area (Å²) in [5.41, 5.74) is 0. The quantitative estimate of drug-likeness (QED) is 0.647. The van der Waals surface area contributed by atoms with E-state index in [0.29, 0.717) is 11.8 Å². The number of carboxylic acid groups (broad SMARTS) is 1. The van der Waals surface area contributed by atoms with E-state index in [-0.39, 0.29) is 18.4 Å². The van der Waals surface area contributed by atoms with Crippen molar-refractivity contribution in [1.82, 2.24) is 5.32 Å². The molecule has 3 atom stereocenters. The minimum atomic E-state index is -0.667. The highest BCUT2D eigenvalue weighted by molar-refractivity contribution is 5.85. The van der Waals surface area contributed by atoms with Crippen LogP contribution in [-0.4, -0.2) is 23.7 Å². The molecular formula is C8H14ClNO2. The van der Waals surface area contributed by atoms with E-state index in [1.807, 2.05) is 0 Å². The zero-order valence-electron chi connectivity index (χ0n) is 6.82. The van der Waals surface area contributed by atoms with Gasteiger partial charge in [0.1, 0.15) is 6.04 Å². The number of fused-ring (bicyclic) bond motifs is 1. The zero-order valence-corrected chi connectivity index (χ0v) is 7.64. The first-order valence-electron chi connectivity index (χ1n) is 4.25. The molecule has 1 saturated carbocycles. The fraction of sp³-hybridized carbons (Fsp3) is 0.875. The number of carboxylic acids is 1. The molecule has 2 rings (SSSR count). The Morgan fingerprint density at radius 3 is 2.83 bits per heavy atom. The minimum Gasteiger partial charge on any atom is -0.480 e. The fourth-order valence-corrected chi connectivity index (χ4v) is 2.46. The number of nitrogens with one attached hydrogen (secondary N) is 1. The Bertz CT molecular complexity index is 186. The monoisotopic (exact) mass is 191 g/mol. The van der Waals surface area contributed by atoms with Crippen LogP contribution < -0.4 is 5.32 Å². The Balaban J connectivity index is 0.000000720. The van der Waals surface area contributed by atoms with Gasteiger partial charge in [-0.2, -0.15) is 0 Å². The van der Waals surface area contributed by atoms with E-state index in [2.05, 4.69) is 5.32 Å². The molecule has 1 unspecified atom stereocenters. The first kappa shape index (κ1) is 9.81. The van der Waals surface area contributed by atoms with Crippen molar-refractivity contribution in [3.63, 3.8) is 0 Å². The van der Waals surface area contributed by atoms with Crippen molar-refractivity contribution in [3.05, 3.63) is 0 Å². The maximum Gasteiger partial charge on any atom is 0.320 e. The Labute approximate surface area is 77.9 Å². The summed E-state index contributed by atoms with van der Waals surface area (Å²) in [6, 6.07) is -0.248. The predicted molar refractivity (Wildman–Crippen MR) is 47.5 cm³/mol. The molecule has 12 heavy (non-hydrogen) atoms. The van der Waals surface area contributed by atoms with Gasteiger partial charge in [0.25, 0.3) is 0 Å². The van der Waals surface area contributed by atoms with E-state index in [9.17, 15) is 4.79 Å². The number of hydrogen-bond acceptors (Lipinski definition) is 2. The minimum absolute atomic E-state index is 0. The van der Waals surface area contributed by atoms with Gasteiger partial charge in [-0.25, -0.2) is 0 Å². The maximum atomic E-state index is 10.7. The van der Waals surface area contributed by atoms with Gasteiger partial charge in [0, 0.05) is 0 Å².